The van der Waals surface area contributed by atoms with Crippen LogP contribution in [-0.4, -0.2) is 8.32 Å². The number of aryl methyl sites for hydroxylation is 1. The van der Waals surface area contributed by atoms with Gasteiger partial charge in [0.2, 0.25) is 0 Å². The molecule has 0 aliphatic heterocycles. The Bertz CT molecular complexity index is 757. The summed E-state index contributed by atoms with van der Waals surface area (Å²) < 4.78 is 12.5. The molecule has 2 rings (SSSR count). The third-order valence-corrected chi connectivity index (χ3v) is 9.81. The first-order valence-corrected chi connectivity index (χ1v) is 11.1. The molecule has 0 saturated carbocycles. The molecule has 0 fully saturated rings. The lowest BCUT2D eigenvalue weighted by molar-refractivity contribution is 0.239. The second kappa shape index (κ2) is 5.94. The smallest absolute Gasteiger partial charge is 0.343 e. The fraction of sp³-hybridized carbons (Fsp3) is 0.471. The van der Waals surface area contributed by atoms with Gasteiger partial charge in [0.1, 0.15) is 5.76 Å². The van der Waals surface area contributed by atoms with Crippen LogP contribution in [0.2, 0.25) is 18.1 Å². The van der Waals surface area contributed by atoms with Crippen LogP contribution in [0.1, 0.15) is 32.1 Å². The van der Waals surface area contributed by atoms with E-state index in [4.69, 9.17) is 8.84 Å². The molecule has 120 valence electrons. The topological polar surface area (TPSA) is 39.4 Å². The predicted octanol–water partition coefficient (Wildman–Crippen LogP) is 5.39. The summed E-state index contributed by atoms with van der Waals surface area (Å²) in [6, 6.07) is 5.79. The molecule has 0 aliphatic carbocycles. The van der Waals surface area contributed by atoms with Gasteiger partial charge in [0.15, 0.2) is 8.32 Å². The highest BCUT2D eigenvalue weighted by atomic mass is 79.9. The Morgan fingerprint density at radius 1 is 1.23 bits per heavy atom. The fourth-order valence-electron chi connectivity index (χ4n) is 1.94. The maximum absolute atomic E-state index is 12.2. The van der Waals surface area contributed by atoms with Crippen LogP contribution < -0.4 is 5.63 Å². The quantitative estimate of drug-likeness (QED) is 0.668. The van der Waals surface area contributed by atoms with Gasteiger partial charge < -0.3 is 8.84 Å². The monoisotopic (exact) mass is 382 g/mol. The minimum absolute atomic E-state index is 0.119. The number of hydrogen-bond donors (Lipinski definition) is 0. The molecular weight excluding hydrogens is 360 g/mol. The summed E-state index contributed by atoms with van der Waals surface area (Å²) >= 11 is 3.56. The molecule has 0 radical (unpaired) electrons. The van der Waals surface area contributed by atoms with Gasteiger partial charge in [-0.1, -0.05) is 38.5 Å². The van der Waals surface area contributed by atoms with E-state index in [9.17, 15) is 4.79 Å². The van der Waals surface area contributed by atoms with E-state index in [1.807, 2.05) is 25.1 Å². The normalized spacial score (nSPS) is 12.9. The number of benzene rings is 1. The maximum Gasteiger partial charge on any atom is 0.343 e. The van der Waals surface area contributed by atoms with Gasteiger partial charge in [0, 0.05) is 5.39 Å². The number of halogens is 1. The van der Waals surface area contributed by atoms with E-state index < -0.39 is 8.32 Å². The number of fused-ring (bicyclic) bond motifs is 1. The molecule has 2 aromatic rings. The van der Waals surface area contributed by atoms with Crippen molar-refractivity contribution in [2.45, 2.75) is 52.4 Å². The lowest BCUT2D eigenvalue weighted by atomic mass is 10.1. The van der Waals surface area contributed by atoms with Crippen molar-refractivity contribution in [2.24, 2.45) is 0 Å². The van der Waals surface area contributed by atoms with Crippen molar-refractivity contribution >= 4 is 35.0 Å². The second-order valence-corrected chi connectivity index (χ2v) is 12.8. The first-order chi connectivity index (χ1) is 10.0. The predicted molar refractivity (Wildman–Crippen MR) is 96.9 cm³/mol. The molecule has 0 N–H and O–H groups in total. The van der Waals surface area contributed by atoms with Crippen molar-refractivity contribution in [3.05, 3.63) is 44.4 Å². The van der Waals surface area contributed by atoms with E-state index in [0.29, 0.717) is 17.8 Å². The molecule has 22 heavy (non-hydrogen) atoms. The van der Waals surface area contributed by atoms with E-state index in [0.717, 1.165) is 15.4 Å². The highest BCUT2D eigenvalue weighted by Crippen LogP contribution is 2.37. The first kappa shape index (κ1) is 17.4. The molecule has 0 spiro atoms. The summed E-state index contributed by atoms with van der Waals surface area (Å²) in [5, 5.41) is 1.59. The molecule has 0 bridgehead atoms. The van der Waals surface area contributed by atoms with Crippen LogP contribution in [0.5, 0.6) is 0 Å². The van der Waals surface area contributed by atoms with Crippen molar-refractivity contribution in [1.29, 1.82) is 0 Å². The highest BCUT2D eigenvalue weighted by Gasteiger charge is 2.37. The van der Waals surface area contributed by atoms with Crippen molar-refractivity contribution in [3.8, 4) is 0 Å². The summed E-state index contributed by atoms with van der Waals surface area (Å²) in [4.78, 5) is 12.2. The minimum Gasteiger partial charge on any atom is -0.424 e. The van der Waals surface area contributed by atoms with Gasteiger partial charge in [0.05, 0.1) is 16.5 Å². The molecule has 1 aromatic carbocycles. The van der Waals surface area contributed by atoms with Gasteiger partial charge in [-0.05, 0) is 47.1 Å². The first-order valence-electron chi connectivity index (χ1n) is 7.39. The SMILES string of the molecule is Cc1ccc2c(Br)c(CO[Si](C)(C)C(C)(C)C)oc(=O)c2c1. The zero-order valence-corrected chi connectivity index (χ0v) is 16.6. The van der Waals surface area contributed by atoms with Gasteiger partial charge >= 0.3 is 5.63 Å². The van der Waals surface area contributed by atoms with Crippen LogP contribution in [0.25, 0.3) is 10.8 Å². The van der Waals surface area contributed by atoms with Crippen LogP contribution in [0.15, 0.2) is 31.9 Å². The Balaban J connectivity index is 2.40. The van der Waals surface area contributed by atoms with Crippen LogP contribution >= 0.6 is 15.9 Å². The van der Waals surface area contributed by atoms with E-state index in [-0.39, 0.29) is 10.7 Å². The maximum atomic E-state index is 12.2. The molecule has 1 heterocycles. The third-order valence-electron chi connectivity index (χ3n) is 4.46. The summed E-state index contributed by atoms with van der Waals surface area (Å²) in [6.45, 7) is 13.2. The van der Waals surface area contributed by atoms with Gasteiger partial charge in [-0.2, -0.15) is 0 Å². The summed E-state index contributed by atoms with van der Waals surface area (Å²) in [7, 11) is -1.89. The molecule has 1 aromatic heterocycles. The number of rotatable bonds is 3. The number of hydrogen-bond acceptors (Lipinski definition) is 3. The standard InChI is InChI=1S/C17H23BrO3Si/c1-11-7-8-12-13(9-11)16(19)21-14(15(12)18)10-20-22(5,6)17(2,3)4/h7-9H,10H2,1-6H3. The Labute approximate surface area is 140 Å². The van der Waals surface area contributed by atoms with Gasteiger partial charge in [0.25, 0.3) is 0 Å². The zero-order chi connectivity index (χ0) is 16.7. The Kier molecular flexibility index (Phi) is 4.71. The summed E-state index contributed by atoms with van der Waals surface area (Å²) in [5.74, 6) is 0.561. The highest BCUT2D eigenvalue weighted by molar-refractivity contribution is 9.10. The molecule has 0 saturated heterocycles. The molecule has 3 nitrogen and oxygen atoms in total. The Morgan fingerprint density at radius 2 is 1.86 bits per heavy atom. The summed E-state index contributed by atoms with van der Waals surface area (Å²) in [5.41, 5.74) is 0.729. The van der Waals surface area contributed by atoms with Crippen LogP contribution in [-0.2, 0) is 11.0 Å². The van der Waals surface area contributed by atoms with Crippen molar-refractivity contribution in [1.82, 2.24) is 0 Å². The molecule has 0 atom stereocenters. The molecule has 5 heteroatoms. The van der Waals surface area contributed by atoms with Crippen molar-refractivity contribution in [2.75, 3.05) is 0 Å². The minimum atomic E-state index is -1.89. The third kappa shape index (κ3) is 3.36. The van der Waals surface area contributed by atoms with Gasteiger partial charge in [-0.3, -0.25) is 0 Å². The van der Waals surface area contributed by atoms with Crippen molar-refractivity contribution in [3.63, 3.8) is 0 Å². The molecule has 0 aliphatic rings. The van der Waals surface area contributed by atoms with Crippen LogP contribution in [0.3, 0.4) is 0 Å². The Hall–Kier alpha value is -0.913. The molecule has 0 unspecified atom stereocenters. The summed E-state index contributed by atoms with van der Waals surface area (Å²) in [6.07, 6.45) is 0. The second-order valence-electron chi connectivity index (χ2n) is 7.22. The van der Waals surface area contributed by atoms with Crippen LogP contribution in [0.4, 0.5) is 0 Å². The fourth-order valence-corrected chi connectivity index (χ4v) is 3.40. The lowest BCUT2D eigenvalue weighted by Crippen LogP contribution is -2.40. The Morgan fingerprint density at radius 3 is 2.45 bits per heavy atom. The van der Waals surface area contributed by atoms with E-state index in [2.05, 4.69) is 49.8 Å². The average Bonchev–Trinajstić information content (AvgIpc) is 2.40. The lowest BCUT2D eigenvalue weighted by Gasteiger charge is -2.36. The van der Waals surface area contributed by atoms with Crippen LogP contribution in [0, 0.1) is 6.92 Å². The van der Waals surface area contributed by atoms with E-state index >= 15 is 0 Å². The van der Waals surface area contributed by atoms with E-state index in [1.165, 1.54) is 0 Å². The molecular formula is C17H23BrO3Si. The largest absolute Gasteiger partial charge is 0.424 e. The van der Waals surface area contributed by atoms with Crippen molar-refractivity contribution < 1.29 is 8.84 Å². The van der Waals surface area contributed by atoms with Gasteiger partial charge in [-0.15, -0.1) is 0 Å². The molecule has 0 amide bonds. The average molecular weight is 383 g/mol. The zero-order valence-electron chi connectivity index (χ0n) is 14.0. The van der Waals surface area contributed by atoms with E-state index in [1.54, 1.807) is 0 Å². The van der Waals surface area contributed by atoms with Gasteiger partial charge in [-0.25, -0.2) is 4.79 Å².